The minimum absolute atomic E-state index is 0.248. The molecule has 0 saturated heterocycles. The lowest BCUT2D eigenvalue weighted by Crippen LogP contribution is -2.22. The largest absolute Gasteiger partial charge is 0.304 e. The van der Waals surface area contributed by atoms with Crippen LogP contribution in [0.25, 0.3) is 0 Å². The van der Waals surface area contributed by atoms with E-state index < -0.39 is 0 Å². The number of hydrogen-bond acceptors (Lipinski definition) is 2. The zero-order chi connectivity index (χ0) is 14.5. The van der Waals surface area contributed by atoms with Crippen molar-refractivity contribution < 1.29 is 0 Å². The van der Waals surface area contributed by atoms with Gasteiger partial charge in [0.15, 0.2) is 0 Å². The van der Waals surface area contributed by atoms with Crippen LogP contribution >= 0.6 is 0 Å². The first kappa shape index (κ1) is 14.3. The van der Waals surface area contributed by atoms with Gasteiger partial charge in [-0.05, 0) is 44.0 Å². The Morgan fingerprint density at radius 2 is 1.60 bits per heavy atom. The first-order valence-corrected chi connectivity index (χ1v) is 6.93. The van der Waals surface area contributed by atoms with Crippen molar-refractivity contribution in [2.24, 2.45) is 0 Å². The van der Waals surface area contributed by atoms with Crippen LogP contribution in [0.5, 0.6) is 0 Å². The first-order chi connectivity index (χ1) is 9.60. The molecule has 2 aromatic rings. The normalized spacial score (nSPS) is 13.5. The molecule has 2 aromatic carbocycles. The fourth-order valence-corrected chi connectivity index (χ4v) is 2.35. The highest BCUT2D eigenvalue weighted by molar-refractivity contribution is 5.33. The highest BCUT2D eigenvalue weighted by Crippen LogP contribution is 2.20. The summed E-state index contributed by atoms with van der Waals surface area (Å²) in [6.07, 6.45) is 0. The number of nitrogens with one attached hydrogen (secondary N) is 1. The molecule has 1 unspecified atom stereocenters. The Morgan fingerprint density at radius 3 is 2.20 bits per heavy atom. The van der Waals surface area contributed by atoms with Gasteiger partial charge in [-0.25, -0.2) is 0 Å². The molecule has 102 valence electrons. The van der Waals surface area contributed by atoms with Crippen molar-refractivity contribution in [3.05, 3.63) is 70.8 Å². The number of nitriles is 1. The second-order valence-corrected chi connectivity index (χ2v) is 5.26. The van der Waals surface area contributed by atoms with E-state index in [0.29, 0.717) is 11.6 Å². The van der Waals surface area contributed by atoms with Crippen LogP contribution in [-0.2, 0) is 0 Å². The molecule has 0 saturated carbocycles. The number of nitrogens with zero attached hydrogens (tertiary/aromatic N) is 1. The summed E-state index contributed by atoms with van der Waals surface area (Å²) < 4.78 is 0. The molecule has 0 radical (unpaired) electrons. The Labute approximate surface area is 121 Å². The summed E-state index contributed by atoms with van der Waals surface area (Å²) in [6, 6.07) is 19.0. The van der Waals surface area contributed by atoms with E-state index in [-0.39, 0.29) is 6.04 Å². The third-order valence-corrected chi connectivity index (χ3v) is 3.58. The molecule has 2 nitrogen and oxygen atoms in total. The Bertz CT molecular complexity index is 608. The van der Waals surface area contributed by atoms with Crippen LogP contribution in [0.4, 0.5) is 0 Å². The maximum absolute atomic E-state index is 8.82. The van der Waals surface area contributed by atoms with Crippen LogP contribution in [0.2, 0.25) is 0 Å². The molecule has 0 amide bonds. The van der Waals surface area contributed by atoms with Gasteiger partial charge in [0.1, 0.15) is 0 Å². The van der Waals surface area contributed by atoms with E-state index in [0.717, 1.165) is 0 Å². The van der Waals surface area contributed by atoms with Gasteiger partial charge in [0.25, 0.3) is 0 Å². The fourth-order valence-electron chi connectivity index (χ4n) is 2.35. The number of benzene rings is 2. The summed E-state index contributed by atoms with van der Waals surface area (Å²) in [5.74, 6) is 0. The SMILES string of the molecule is Cc1cccc([C@@H](C)NC(C)c2ccc(C#N)cc2)c1. The maximum atomic E-state index is 8.82. The lowest BCUT2D eigenvalue weighted by molar-refractivity contribution is 0.494. The molecule has 0 bridgehead atoms. The quantitative estimate of drug-likeness (QED) is 0.894. The van der Waals surface area contributed by atoms with Gasteiger partial charge in [0.05, 0.1) is 11.6 Å². The van der Waals surface area contributed by atoms with Gasteiger partial charge in [-0.3, -0.25) is 0 Å². The van der Waals surface area contributed by atoms with E-state index >= 15 is 0 Å². The summed E-state index contributed by atoms with van der Waals surface area (Å²) in [7, 11) is 0. The second kappa shape index (κ2) is 6.36. The van der Waals surface area contributed by atoms with Crippen molar-refractivity contribution in [2.75, 3.05) is 0 Å². The molecule has 2 rings (SSSR count). The lowest BCUT2D eigenvalue weighted by Gasteiger charge is -2.21. The van der Waals surface area contributed by atoms with Crippen molar-refractivity contribution in [2.45, 2.75) is 32.9 Å². The van der Waals surface area contributed by atoms with Gasteiger partial charge in [-0.2, -0.15) is 5.26 Å². The van der Waals surface area contributed by atoms with E-state index in [1.807, 2.05) is 24.3 Å². The maximum Gasteiger partial charge on any atom is 0.0991 e. The van der Waals surface area contributed by atoms with Crippen LogP contribution in [0.1, 0.15) is 48.2 Å². The average Bonchev–Trinajstić information content (AvgIpc) is 2.47. The zero-order valence-electron chi connectivity index (χ0n) is 12.2. The fraction of sp³-hybridized carbons (Fsp3) is 0.278. The zero-order valence-corrected chi connectivity index (χ0v) is 12.2. The molecule has 20 heavy (non-hydrogen) atoms. The molecule has 2 atom stereocenters. The minimum Gasteiger partial charge on any atom is -0.304 e. The minimum atomic E-state index is 0.248. The Balaban J connectivity index is 2.06. The molecular formula is C18H20N2. The van der Waals surface area contributed by atoms with Crippen molar-refractivity contribution in [1.82, 2.24) is 5.32 Å². The number of rotatable bonds is 4. The molecule has 0 aromatic heterocycles. The monoisotopic (exact) mass is 264 g/mol. The molecule has 0 spiro atoms. The van der Waals surface area contributed by atoms with Gasteiger partial charge in [0, 0.05) is 12.1 Å². The summed E-state index contributed by atoms with van der Waals surface area (Å²) in [5, 5.41) is 12.4. The first-order valence-electron chi connectivity index (χ1n) is 6.93. The molecule has 0 fully saturated rings. The van der Waals surface area contributed by atoms with Gasteiger partial charge < -0.3 is 5.32 Å². The standard InChI is InChI=1S/C18H20N2/c1-13-5-4-6-18(11-13)15(3)20-14(2)17-9-7-16(12-19)8-10-17/h4-11,14-15,20H,1-3H3/t14?,15-/m1/s1. The van der Waals surface area contributed by atoms with Gasteiger partial charge >= 0.3 is 0 Å². The van der Waals surface area contributed by atoms with Crippen molar-refractivity contribution in [1.29, 1.82) is 5.26 Å². The summed E-state index contributed by atoms with van der Waals surface area (Å²) in [4.78, 5) is 0. The smallest absolute Gasteiger partial charge is 0.0991 e. The van der Waals surface area contributed by atoms with E-state index in [1.165, 1.54) is 16.7 Å². The Kier molecular flexibility index (Phi) is 4.55. The topological polar surface area (TPSA) is 35.8 Å². The molecule has 1 N–H and O–H groups in total. The van der Waals surface area contributed by atoms with Gasteiger partial charge in [-0.1, -0.05) is 42.0 Å². The van der Waals surface area contributed by atoms with E-state index in [9.17, 15) is 0 Å². The third kappa shape index (κ3) is 3.46. The summed E-state index contributed by atoms with van der Waals surface area (Å²) in [5.41, 5.74) is 4.48. The number of hydrogen-bond donors (Lipinski definition) is 1. The van der Waals surface area contributed by atoms with E-state index in [4.69, 9.17) is 5.26 Å². The molecule has 0 heterocycles. The van der Waals surface area contributed by atoms with Crippen molar-refractivity contribution in [3.8, 4) is 6.07 Å². The average molecular weight is 264 g/mol. The summed E-state index contributed by atoms with van der Waals surface area (Å²) >= 11 is 0. The molecule has 0 aliphatic carbocycles. The van der Waals surface area contributed by atoms with E-state index in [2.05, 4.69) is 56.4 Å². The van der Waals surface area contributed by atoms with Gasteiger partial charge in [-0.15, -0.1) is 0 Å². The van der Waals surface area contributed by atoms with Crippen LogP contribution in [-0.4, -0.2) is 0 Å². The highest BCUT2D eigenvalue weighted by Gasteiger charge is 2.11. The Morgan fingerprint density at radius 1 is 0.950 bits per heavy atom. The van der Waals surface area contributed by atoms with Crippen LogP contribution in [0.15, 0.2) is 48.5 Å². The predicted molar refractivity (Wildman–Crippen MR) is 82.3 cm³/mol. The predicted octanol–water partition coefficient (Wildman–Crippen LogP) is 4.28. The lowest BCUT2D eigenvalue weighted by atomic mass is 10.0. The summed E-state index contributed by atoms with van der Waals surface area (Å²) in [6.45, 7) is 6.43. The van der Waals surface area contributed by atoms with Crippen LogP contribution in [0, 0.1) is 18.3 Å². The van der Waals surface area contributed by atoms with Crippen LogP contribution < -0.4 is 5.32 Å². The van der Waals surface area contributed by atoms with Crippen molar-refractivity contribution in [3.63, 3.8) is 0 Å². The second-order valence-electron chi connectivity index (χ2n) is 5.26. The highest BCUT2D eigenvalue weighted by atomic mass is 14.9. The Hall–Kier alpha value is -2.11. The molecule has 0 aliphatic rings. The van der Waals surface area contributed by atoms with Crippen molar-refractivity contribution >= 4 is 0 Å². The molecule has 2 heteroatoms. The molecular weight excluding hydrogens is 244 g/mol. The van der Waals surface area contributed by atoms with E-state index in [1.54, 1.807) is 0 Å². The third-order valence-electron chi connectivity index (χ3n) is 3.58. The number of aryl methyl sites for hydroxylation is 1. The van der Waals surface area contributed by atoms with Crippen LogP contribution in [0.3, 0.4) is 0 Å². The molecule has 0 aliphatic heterocycles. The van der Waals surface area contributed by atoms with Gasteiger partial charge in [0.2, 0.25) is 0 Å².